The fraction of sp³-hybridized carbons (Fsp3) is 0.0625. The van der Waals surface area contributed by atoms with Crippen LogP contribution in [-0.2, 0) is 0 Å². The van der Waals surface area contributed by atoms with Gasteiger partial charge in [-0.3, -0.25) is 4.98 Å². The van der Waals surface area contributed by atoms with Gasteiger partial charge in [-0.1, -0.05) is 121 Å². The van der Waals surface area contributed by atoms with Crippen LogP contribution in [0.2, 0.25) is 0 Å². The molecule has 0 bridgehead atoms. The SMILES string of the molecule is [C-]#[N+]c1cc(-n2c3ccc(-c4ccccc4C)cc3c3cc(-c4ccccc4C)ccc32)c(-n2c3ccc(-c4ccccc4C)cc3c3cc(-c4ccccc4C)ccc32)cc1-c1ccncc1. The van der Waals surface area contributed by atoms with Crippen molar-refractivity contribution >= 4 is 49.3 Å². The van der Waals surface area contributed by atoms with Crippen molar-refractivity contribution in [2.75, 3.05) is 0 Å². The lowest BCUT2D eigenvalue weighted by molar-refractivity contribution is 1.10. The first-order valence-corrected chi connectivity index (χ1v) is 23.2. The molecule has 0 aliphatic carbocycles. The maximum Gasteiger partial charge on any atom is 0.197 e. The molecule has 0 radical (unpaired) electrons. The Morgan fingerprint density at radius 3 is 0.985 bits per heavy atom. The third kappa shape index (κ3) is 6.63. The molecule has 0 amide bonds. The van der Waals surface area contributed by atoms with Gasteiger partial charge in [0.05, 0.1) is 40.0 Å². The maximum atomic E-state index is 8.71. The highest BCUT2D eigenvalue weighted by Crippen LogP contribution is 2.46. The van der Waals surface area contributed by atoms with Crippen molar-refractivity contribution in [2.45, 2.75) is 27.7 Å². The van der Waals surface area contributed by atoms with Gasteiger partial charge < -0.3 is 9.13 Å². The van der Waals surface area contributed by atoms with Gasteiger partial charge in [0.25, 0.3) is 0 Å². The molecule has 3 heterocycles. The summed E-state index contributed by atoms with van der Waals surface area (Å²) in [5, 5.41) is 4.62. The van der Waals surface area contributed by atoms with Crippen LogP contribution >= 0.6 is 0 Å². The summed E-state index contributed by atoms with van der Waals surface area (Å²) >= 11 is 0. The van der Waals surface area contributed by atoms with Gasteiger partial charge in [-0.05, 0) is 178 Å². The largest absolute Gasteiger partial charge is 0.308 e. The van der Waals surface area contributed by atoms with Crippen molar-refractivity contribution in [1.82, 2.24) is 14.1 Å². The van der Waals surface area contributed by atoms with E-state index in [0.29, 0.717) is 5.69 Å². The van der Waals surface area contributed by atoms with Crippen molar-refractivity contribution in [3.8, 4) is 67.0 Å². The number of aryl methyl sites for hydroxylation is 4. The molecule has 0 saturated carbocycles. The monoisotopic (exact) mass is 870 g/mol. The summed E-state index contributed by atoms with van der Waals surface area (Å²) in [5.41, 5.74) is 23.0. The molecule has 0 unspecified atom stereocenters. The molecule has 3 aromatic heterocycles. The molecule has 0 aliphatic heterocycles. The lowest BCUT2D eigenvalue weighted by atomic mass is 9.97. The van der Waals surface area contributed by atoms with Crippen molar-refractivity contribution < 1.29 is 0 Å². The van der Waals surface area contributed by atoms with Crippen LogP contribution in [0.1, 0.15) is 22.3 Å². The van der Waals surface area contributed by atoms with Gasteiger partial charge >= 0.3 is 0 Å². The minimum Gasteiger partial charge on any atom is -0.308 e. The Bertz CT molecular complexity index is 3820. The van der Waals surface area contributed by atoms with E-state index in [4.69, 9.17) is 6.57 Å². The fourth-order valence-corrected chi connectivity index (χ4v) is 10.6. The maximum absolute atomic E-state index is 8.71. The predicted octanol–water partition coefficient (Wildman–Crippen LogP) is 17.4. The molecule has 0 atom stereocenters. The minimum absolute atomic E-state index is 0.572. The van der Waals surface area contributed by atoms with E-state index in [0.717, 1.165) is 66.1 Å². The van der Waals surface area contributed by atoms with E-state index in [1.807, 2.05) is 24.5 Å². The number of nitrogens with zero attached hydrogens (tertiary/aromatic N) is 4. The Kier molecular flexibility index (Phi) is 9.74. The average molecular weight is 871 g/mol. The Morgan fingerprint density at radius 1 is 0.338 bits per heavy atom. The predicted molar refractivity (Wildman–Crippen MR) is 285 cm³/mol. The summed E-state index contributed by atoms with van der Waals surface area (Å²) in [6, 6.07) is 70.5. The summed E-state index contributed by atoms with van der Waals surface area (Å²) in [5.74, 6) is 0. The smallest absolute Gasteiger partial charge is 0.197 e. The Balaban J connectivity index is 1.21. The molecule has 12 rings (SSSR count). The van der Waals surface area contributed by atoms with Crippen molar-refractivity contribution in [3.05, 3.63) is 240 Å². The highest BCUT2D eigenvalue weighted by atomic mass is 15.1. The van der Waals surface area contributed by atoms with Gasteiger partial charge in [0.2, 0.25) is 0 Å². The second kappa shape index (κ2) is 16.3. The number of benzene rings is 9. The highest BCUT2D eigenvalue weighted by molar-refractivity contribution is 6.14. The average Bonchev–Trinajstić information content (AvgIpc) is 3.87. The van der Waals surface area contributed by atoms with Gasteiger partial charge in [-0.25, -0.2) is 4.85 Å². The van der Waals surface area contributed by atoms with Crippen LogP contribution in [0.5, 0.6) is 0 Å². The third-order valence-corrected chi connectivity index (χ3v) is 14.0. The van der Waals surface area contributed by atoms with E-state index < -0.39 is 0 Å². The molecule has 68 heavy (non-hydrogen) atoms. The van der Waals surface area contributed by atoms with Crippen LogP contribution in [0.4, 0.5) is 5.69 Å². The first-order chi connectivity index (χ1) is 33.3. The van der Waals surface area contributed by atoms with Crippen molar-refractivity contribution in [1.29, 1.82) is 0 Å². The molecule has 4 heteroatoms. The minimum atomic E-state index is 0.572. The molecule has 0 saturated heterocycles. The van der Waals surface area contributed by atoms with Crippen LogP contribution in [0.3, 0.4) is 0 Å². The number of fused-ring (bicyclic) bond motifs is 6. The first-order valence-electron chi connectivity index (χ1n) is 23.2. The van der Waals surface area contributed by atoms with E-state index in [1.165, 1.54) is 66.8 Å². The van der Waals surface area contributed by atoms with Gasteiger partial charge in [0.15, 0.2) is 5.69 Å². The summed E-state index contributed by atoms with van der Waals surface area (Å²) in [7, 11) is 0. The number of hydrogen-bond acceptors (Lipinski definition) is 1. The molecular weight excluding hydrogens is 825 g/mol. The van der Waals surface area contributed by atoms with Gasteiger partial charge in [-0.2, -0.15) is 0 Å². The molecule has 12 aromatic rings. The molecule has 322 valence electrons. The zero-order valence-electron chi connectivity index (χ0n) is 38.4. The zero-order chi connectivity index (χ0) is 46.0. The molecule has 4 nitrogen and oxygen atoms in total. The van der Waals surface area contributed by atoms with Crippen molar-refractivity contribution in [3.63, 3.8) is 0 Å². The van der Waals surface area contributed by atoms with E-state index >= 15 is 0 Å². The molecular formula is C64H46N4. The van der Waals surface area contributed by atoms with Crippen LogP contribution in [0.25, 0.3) is 115 Å². The zero-order valence-corrected chi connectivity index (χ0v) is 38.4. The molecule has 0 N–H and O–H groups in total. The second-order valence-corrected chi connectivity index (χ2v) is 18.1. The summed E-state index contributed by atoms with van der Waals surface area (Å²) in [4.78, 5) is 8.63. The van der Waals surface area contributed by atoms with Crippen LogP contribution in [0, 0.1) is 34.3 Å². The van der Waals surface area contributed by atoms with Gasteiger partial charge in [-0.15, -0.1) is 0 Å². The van der Waals surface area contributed by atoms with E-state index in [1.54, 1.807) is 0 Å². The van der Waals surface area contributed by atoms with Crippen LogP contribution in [-0.4, -0.2) is 14.1 Å². The quantitative estimate of drug-likeness (QED) is 0.147. The topological polar surface area (TPSA) is 27.1 Å². The molecule has 0 aliphatic rings. The standard InChI is InChI=1S/C64H46N4/c1-40-14-6-10-18-49(40)45-22-26-59-54(34-45)55-35-46(50-19-11-7-15-41(50)2)23-27-60(55)67(59)63-38-53(44-30-32-66-33-31-44)58(65-5)39-64(63)68-61-28-24-47(51-20-12-8-16-42(51)3)36-56(61)57-37-48(25-29-62(57)68)52-21-13-9-17-43(52)4/h6-39H,1-4H3. The number of aromatic nitrogens is 3. The van der Waals surface area contributed by atoms with Gasteiger partial charge in [0, 0.05) is 33.9 Å². The van der Waals surface area contributed by atoms with Gasteiger partial charge in [0.1, 0.15) is 0 Å². The van der Waals surface area contributed by atoms with E-state index in [-0.39, 0.29) is 0 Å². The number of hydrogen-bond donors (Lipinski definition) is 0. The Labute approximate surface area is 396 Å². The Hall–Kier alpha value is -8.78. The summed E-state index contributed by atoms with van der Waals surface area (Å²) in [6.07, 6.45) is 3.62. The highest BCUT2D eigenvalue weighted by Gasteiger charge is 2.24. The fourth-order valence-electron chi connectivity index (χ4n) is 10.6. The normalized spacial score (nSPS) is 11.5. The summed E-state index contributed by atoms with van der Waals surface area (Å²) < 4.78 is 4.83. The third-order valence-electron chi connectivity index (χ3n) is 14.0. The van der Waals surface area contributed by atoms with Crippen LogP contribution < -0.4 is 0 Å². The van der Waals surface area contributed by atoms with Crippen LogP contribution in [0.15, 0.2) is 207 Å². The lowest BCUT2D eigenvalue weighted by Crippen LogP contribution is -2.04. The molecule has 0 fully saturated rings. The first kappa shape index (κ1) is 40.7. The molecule has 0 spiro atoms. The number of rotatable bonds is 7. The molecule has 9 aromatic carbocycles. The second-order valence-electron chi connectivity index (χ2n) is 18.1. The summed E-state index contributed by atoms with van der Waals surface area (Å²) in [6.45, 7) is 17.4. The number of pyridine rings is 1. The van der Waals surface area contributed by atoms with Crippen molar-refractivity contribution in [2.24, 2.45) is 0 Å². The Morgan fingerprint density at radius 2 is 0.662 bits per heavy atom. The van der Waals surface area contributed by atoms with E-state index in [2.05, 4.69) is 229 Å². The van der Waals surface area contributed by atoms with E-state index in [9.17, 15) is 0 Å². The lowest BCUT2D eigenvalue weighted by Gasteiger charge is -2.20.